The second-order valence-electron chi connectivity index (χ2n) is 6.50. The van der Waals surface area contributed by atoms with Gasteiger partial charge in [-0.2, -0.15) is 0 Å². The number of carbonyl (C=O) groups is 1. The third-order valence-corrected chi connectivity index (χ3v) is 6.56. The molecule has 0 aliphatic heterocycles. The molecule has 0 saturated heterocycles. The van der Waals surface area contributed by atoms with Gasteiger partial charge in [0.25, 0.3) is 15.9 Å². The van der Waals surface area contributed by atoms with Crippen LogP contribution in [0, 0.1) is 3.57 Å². The summed E-state index contributed by atoms with van der Waals surface area (Å²) in [5.74, 6) is 0.652. The van der Waals surface area contributed by atoms with E-state index in [1.54, 1.807) is 24.3 Å². The van der Waals surface area contributed by atoms with Gasteiger partial charge in [0.1, 0.15) is 0 Å². The molecule has 10 heteroatoms. The van der Waals surface area contributed by atoms with Crippen LogP contribution in [-0.4, -0.2) is 35.7 Å². The van der Waals surface area contributed by atoms with Crippen molar-refractivity contribution >= 4 is 49.9 Å². The number of amides is 1. The Hall–Kier alpha value is -2.99. The van der Waals surface area contributed by atoms with E-state index < -0.39 is 15.9 Å². The maximum atomic E-state index is 12.7. The lowest BCUT2D eigenvalue weighted by molar-refractivity contribution is 0.102. The first-order valence-corrected chi connectivity index (χ1v) is 11.8. The number of hydrogen-bond donors (Lipinski definition) is 2. The molecule has 0 radical (unpaired) electrons. The van der Waals surface area contributed by atoms with Crippen LogP contribution in [0.25, 0.3) is 0 Å². The third kappa shape index (κ3) is 5.43. The van der Waals surface area contributed by atoms with E-state index in [1.807, 2.05) is 0 Å². The first-order chi connectivity index (χ1) is 15.3. The van der Waals surface area contributed by atoms with Crippen LogP contribution >= 0.6 is 22.6 Å². The first-order valence-electron chi connectivity index (χ1n) is 9.27. The summed E-state index contributed by atoms with van der Waals surface area (Å²) < 4.78 is 44.5. The van der Waals surface area contributed by atoms with E-state index in [2.05, 4.69) is 32.6 Å². The predicted molar refractivity (Wildman–Crippen MR) is 130 cm³/mol. The van der Waals surface area contributed by atoms with Crippen LogP contribution in [0.15, 0.2) is 65.6 Å². The van der Waals surface area contributed by atoms with Crippen molar-refractivity contribution < 1.29 is 27.4 Å². The van der Waals surface area contributed by atoms with Crippen LogP contribution in [0.2, 0.25) is 0 Å². The van der Waals surface area contributed by atoms with Gasteiger partial charge in [0.15, 0.2) is 11.5 Å². The molecule has 3 aromatic rings. The van der Waals surface area contributed by atoms with Crippen molar-refractivity contribution in [1.29, 1.82) is 0 Å². The molecule has 3 aromatic carbocycles. The van der Waals surface area contributed by atoms with E-state index >= 15 is 0 Å². The Bertz CT molecular complexity index is 1190. The van der Waals surface area contributed by atoms with Gasteiger partial charge < -0.3 is 19.5 Å². The van der Waals surface area contributed by atoms with Crippen LogP contribution in [0.1, 0.15) is 10.4 Å². The van der Waals surface area contributed by atoms with Crippen molar-refractivity contribution in [2.24, 2.45) is 0 Å². The Morgan fingerprint density at radius 2 is 1.34 bits per heavy atom. The highest BCUT2D eigenvalue weighted by Crippen LogP contribution is 2.38. The number of benzene rings is 3. The number of nitrogens with one attached hydrogen (secondary N) is 2. The van der Waals surface area contributed by atoms with Crippen LogP contribution in [0.4, 0.5) is 11.4 Å². The Balaban J connectivity index is 1.77. The molecule has 0 atom stereocenters. The van der Waals surface area contributed by atoms with Crippen LogP contribution in [0.3, 0.4) is 0 Å². The van der Waals surface area contributed by atoms with Gasteiger partial charge in [-0.05, 0) is 83.3 Å². The zero-order chi connectivity index (χ0) is 23.3. The van der Waals surface area contributed by atoms with Gasteiger partial charge in [0, 0.05) is 20.5 Å². The van der Waals surface area contributed by atoms with E-state index in [-0.39, 0.29) is 10.5 Å². The quantitative estimate of drug-likeness (QED) is 0.392. The Morgan fingerprint density at radius 1 is 0.812 bits per heavy atom. The van der Waals surface area contributed by atoms with Gasteiger partial charge in [0.2, 0.25) is 5.75 Å². The monoisotopic (exact) mass is 568 g/mol. The fourth-order valence-corrected chi connectivity index (χ4v) is 4.28. The van der Waals surface area contributed by atoms with Gasteiger partial charge in [-0.25, -0.2) is 8.42 Å². The lowest BCUT2D eigenvalue weighted by atomic mass is 10.1. The number of hydrogen-bond acceptors (Lipinski definition) is 6. The van der Waals surface area contributed by atoms with E-state index in [0.29, 0.717) is 28.6 Å². The molecule has 2 N–H and O–H groups in total. The molecule has 168 valence electrons. The Kier molecular flexibility index (Phi) is 7.46. The number of ether oxygens (including phenoxy) is 3. The largest absolute Gasteiger partial charge is 0.493 e. The molecule has 32 heavy (non-hydrogen) atoms. The number of carbonyl (C=O) groups excluding carboxylic acids is 1. The molecule has 0 spiro atoms. The summed E-state index contributed by atoms with van der Waals surface area (Å²) in [5.41, 5.74) is 1.18. The first kappa shape index (κ1) is 23.7. The maximum Gasteiger partial charge on any atom is 0.261 e. The molecule has 3 rings (SSSR count). The molecule has 8 nitrogen and oxygen atoms in total. The van der Waals surface area contributed by atoms with Gasteiger partial charge >= 0.3 is 0 Å². The van der Waals surface area contributed by atoms with E-state index in [4.69, 9.17) is 14.2 Å². The number of sulfonamides is 1. The fraction of sp³-hybridized carbons (Fsp3) is 0.136. The summed E-state index contributed by atoms with van der Waals surface area (Å²) in [6.45, 7) is 0. The number of rotatable bonds is 8. The molecular weight excluding hydrogens is 547 g/mol. The highest BCUT2D eigenvalue weighted by Gasteiger charge is 2.18. The van der Waals surface area contributed by atoms with Crippen molar-refractivity contribution in [3.8, 4) is 17.2 Å². The van der Waals surface area contributed by atoms with Crippen molar-refractivity contribution in [2.45, 2.75) is 4.90 Å². The predicted octanol–water partition coefficient (Wildman–Crippen LogP) is 4.37. The minimum Gasteiger partial charge on any atom is -0.493 e. The summed E-state index contributed by atoms with van der Waals surface area (Å²) in [4.78, 5) is 12.8. The molecular formula is C22H21IN2O6S. The summed E-state index contributed by atoms with van der Waals surface area (Å²) in [6, 6.07) is 15.9. The zero-order valence-electron chi connectivity index (χ0n) is 17.5. The van der Waals surface area contributed by atoms with Gasteiger partial charge in [-0.1, -0.05) is 0 Å². The standard InChI is InChI=1S/C22H21IN2O6S/c1-29-19-12-14(13-20(30-2)21(19)31-3)22(26)24-16-8-10-18(11-9-16)32(27,28)25-17-6-4-15(23)5-7-17/h4-13,25H,1-3H3,(H,24,26). The molecule has 1 amide bonds. The highest BCUT2D eigenvalue weighted by molar-refractivity contribution is 14.1. The molecule has 0 fully saturated rings. The molecule has 0 bridgehead atoms. The van der Waals surface area contributed by atoms with Gasteiger partial charge in [-0.3, -0.25) is 9.52 Å². The second-order valence-corrected chi connectivity index (χ2v) is 9.43. The summed E-state index contributed by atoms with van der Waals surface area (Å²) >= 11 is 2.14. The lowest BCUT2D eigenvalue weighted by Crippen LogP contribution is -2.14. The third-order valence-electron chi connectivity index (χ3n) is 4.45. The average Bonchev–Trinajstić information content (AvgIpc) is 2.79. The Morgan fingerprint density at radius 3 is 1.84 bits per heavy atom. The van der Waals surface area contributed by atoms with Crippen molar-refractivity contribution in [2.75, 3.05) is 31.4 Å². The number of halogens is 1. The average molecular weight is 568 g/mol. The zero-order valence-corrected chi connectivity index (χ0v) is 20.5. The van der Waals surface area contributed by atoms with Crippen molar-refractivity contribution in [1.82, 2.24) is 0 Å². The van der Waals surface area contributed by atoms with Gasteiger partial charge in [-0.15, -0.1) is 0 Å². The lowest BCUT2D eigenvalue weighted by Gasteiger charge is -2.14. The van der Waals surface area contributed by atoms with Crippen LogP contribution in [-0.2, 0) is 10.0 Å². The van der Waals surface area contributed by atoms with E-state index in [0.717, 1.165) is 3.57 Å². The molecule has 0 aromatic heterocycles. The SMILES string of the molecule is COc1cc(C(=O)Nc2ccc(S(=O)(=O)Nc3ccc(I)cc3)cc2)cc(OC)c1OC. The molecule has 0 saturated carbocycles. The number of anilines is 2. The van der Waals surface area contributed by atoms with Gasteiger partial charge in [0.05, 0.1) is 26.2 Å². The maximum absolute atomic E-state index is 12.7. The molecule has 0 heterocycles. The highest BCUT2D eigenvalue weighted by atomic mass is 127. The summed E-state index contributed by atoms with van der Waals surface area (Å²) in [7, 11) is 0.635. The fourth-order valence-electron chi connectivity index (χ4n) is 2.86. The summed E-state index contributed by atoms with van der Waals surface area (Å²) in [6.07, 6.45) is 0. The molecule has 0 unspecified atom stereocenters. The minimum atomic E-state index is -3.76. The normalized spacial score (nSPS) is 10.9. The van der Waals surface area contributed by atoms with Crippen molar-refractivity contribution in [3.63, 3.8) is 0 Å². The Labute approximate surface area is 200 Å². The molecule has 0 aliphatic carbocycles. The van der Waals surface area contributed by atoms with E-state index in [9.17, 15) is 13.2 Å². The van der Waals surface area contributed by atoms with Crippen LogP contribution in [0.5, 0.6) is 17.2 Å². The van der Waals surface area contributed by atoms with Crippen LogP contribution < -0.4 is 24.2 Å². The minimum absolute atomic E-state index is 0.0711. The molecule has 0 aliphatic rings. The van der Waals surface area contributed by atoms with E-state index in [1.165, 1.54) is 57.7 Å². The van der Waals surface area contributed by atoms with Crippen molar-refractivity contribution in [3.05, 3.63) is 69.8 Å². The second kappa shape index (κ2) is 10.1. The summed E-state index contributed by atoms with van der Waals surface area (Å²) in [5, 5.41) is 2.73. The number of methoxy groups -OCH3 is 3. The topological polar surface area (TPSA) is 103 Å². The smallest absolute Gasteiger partial charge is 0.261 e.